The number of carbonyl (C=O) groups is 2. The molecular weight excluding hydrogens is 460 g/mol. The number of nitrogens with zero attached hydrogens (tertiary/aromatic N) is 2. The molecule has 1 amide bonds. The van der Waals surface area contributed by atoms with Crippen LogP contribution in [0, 0.1) is 23.0 Å². The minimum Gasteiger partial charge on any atom is -0.507 e. The number of aryl methyl sites for hydroxylation is 1. The Kier molecular flexibility index (Phi) is 6.87. The van der Waals surface area contributed by atoms with E-state index in [4.69, 9.17) is 4.74 Å². The van der Waals surface area contributed by atoms with Gasteiger partial charge in [0.05, 0.1) is 23.1 Å². The maximum Gasteiger partial charge on any atom is 0.300 e. The molecule has 1 heterocycles. The summed E-state index contributed by atoms with van der Waals surface area (Å²) in [5, 5.41) is 22.2. The van der Waals surface area contributed by atoms with Crippen molar-refractivity contribution in [3.63, 3.8) is 0 Å². The Morgan fingerprint density at radius 2 is 1.67 bits per heavy atom. The van der Waals surface area contributed by atoms with E-state index in [1.165, 1.54) is 29.2 Å². The first kappa shape index (κ1) is 24.7. The van der Waals surface area contributed by atoms with Crippen molar-refractivity contribution in [3.8, 4) is 5.75 Å². The number of Topliss-reactive ketones (excluding diaryl/α,β-unsaturated/α-hetero) is 1. The molecule has 0 aromatic heterocycles. The van der Waals surface area contributed by atoms with Gasteiger partial charge in [-0.1, -0.05) is 38.1 Å². The van der Waals surface area contributed by atoms with Crippen LogP contribution in [0.5, 0.6) is 5.75 Å². The minimum absolute atomic E-state index is 0.0803. The number of benzene rings is 3. The van der Waals surface area contributed by atoms with Gasteiger partial charge in [-0.2, -0.15) is 0 Å². The normalized spacial score (nSPS) is 17.0. The number of hydrogen-bond donors (Lipinski definition) is 1. The van der Waals surface area contributed by atoms with Crippen LogP contribution >= 0.6 is 0 Å². The molecule has 1 unspecified atom stereocenters. The van der Waals surface area contributed by atoms with Crippen molar-refractivity contribution >= 4 is 28.8 Å². The third-order valence-corrected chi connectivity index (χ3v) is 5.98. The number of rotatable bonds is 7. The number of hydrogen-bond acceptors (Lipinski definition) is 6. The average Bonchev–Trinajstić information content (AvgIpc) is 3.13. The van der Waals surface area contributed by atoms with Crippen molar-refractivity contribution in [2.24, 2.45) is 5.92 Å². The van der Waals surface area contributed by atoms with Crippen molar-refractivity contribution < 1.29 is 24.4 Å². The van der Waals surface area contributed by atoms with Crippen LogP contribution in [0.25, 0.3) is 5.76 Å². The van der Waals surface area contributed by atoms with Crippen LogP contribution in [-0.2, 0) is 9.59 Å². The van der Waals surface area contributed by atoms with Gasteiger partial charge in [-0.15, -0.1) is 0 Å². The molecule has 1 fully saturated rings. The van der Waals surface area contributed by atoms with E-state index in [1.807, 2.05) is 39.0 Å². The van der Waals surface area contributed by atoms with Gasteiger partial charge in [0.25, 0.3) is 17.4 Å². The number of aliphatic hydroxyl groups is 1. The molecule has 1 aliphatic rings. The third kappa shape index (κ3) is 4.70. The van der Waals surface area contributed by atoms with Crippen molar-refractivity contribution in [1.82, 2.24) is 0 Å². The maximum absolute atomic E-state index is 13.3. The molecule has 1 atom stereocenters. The predicted molar refractivity (Wildman–Crippen MR) is 136 cm³/mol. The summed E-state index contributed by atoms with van der Waals surface area (Å²) < 4.78 is 5.74. The number of nitro benzene ring substituents is 1. The number of aliphatic hydroxyl groups excluding tert-OH is 1. The fourth-order valence-electron chi connectivity index (χ4n) is 4.15. The molecule has 0 radical (unpaired) electrons. The number of ether oxygens (including phenoxy) is 1. The van der Waals surface area contributed by atoms with Gasteiger partial charge in [-0.05, 0) is 60.4 Å². The summed E-state index contributed by atoms with van der Waals surface area (Å²) in [5.74, 6) is -1.01. The summed E-state index contributed by atoms with van der Waals surface area (Å²) in [4.78, 5) is 38.4. The monoisotopic (exact) mass is 486 g/mol. The largest absolute Gasteiger partial charge is 0.507 e. The first-order valence-electron chi connectivity index (χ1n) is 11.5. The van der Waals surface area contributed by atoms with Crippen LogP contribution in [0.4, 0.5) is 11.4 Å². The summed E-state index contributed by atoms with van der Waals surface area (Å²) in [6, 6.07) is 18.5. The molecular formula is C28H26N2O6. The molecule has 184 valence electrons. The van der Waals surface area contributed by atoms with E-state index in [-0.39, 0.29) is 16.8 Å². The third-order valence-electron chi connectivity index (χ3n) is 5.98. The lowest BCUT2D eigenvalue weighted by Gasteiger charge is -2.26. The average molecular weight is 487 g/mol. The highest BCUT2D eigenvalue weighted by Crippen LogP contribution is 2.43. The lowest BCUT2D eigenvalue weighted by molar-refractivity contribution is -0.384. The first-order chi connectivity index (χ1) is 17.2. The quantitative estimate of drug-likeness (QED) is 0.154. The van der Waals surface area contributed by atoms with E-state index in [1.54, 1.807) is 30.3 Å². The Bertz CT molecular complexity index is 1340. The summed E-state index contributed by atoms with van der Waals surface area (Å²) in [5.41, 5.74) is 1.96. The molecule has 8 nitrogen and oxygen atoms in total. The van der Waals surface area contributed by atoms with Crippen LogP contribution in [-0.4, -0.2) is 28.3 Å². The fraction of sp³-hybridized carbons (Fsp3) is 0.214. The highest BCUT2D eigenvalue weighted by Gasteiger charge is 2.47. The molecule has 3 aromatic carbocycles. The number of anilines is 1. The zero-order chi connectivity index (χ0) is 26.0. The van der Waals surface area contributed by atoms with Crippen molar-refractivity contribution in [3.05, 3.63) is 105 Å². The second-order valence-electron chi connectivity index (χ2n) is 9.03. The summed E-state index contributed by atoms with van der Waals surface area (Å²) in [6.07, 6.45) is 0. The Morgan fingerprint density at radius 1 is 1.03 bits per heavy atom. The van der Waals surface area contributed by atoms with E-state index in [9.17, 15) is 24.8 Å². The summed E-state index contributed by atoms with van der Waals surface area (Å²) >= 11 is 0. The Morgan fingerprint density at radius 3 is 2.25 bits per heavy atom. The van der Waals surface area contributed by atoms with Crippen LogP contribution < -0.4 is 9.64 Å². The smallest absolute Gasteiger partial charge is 0.300 e. The number of non-ortho nitro benzene ring substituents is 1. The second-order valence-corrected chi connectivity index (χ2v) is 9.03. The van der Waals surface area contributed by atoms with Crippen molar-refractivity contribution in [2.45, 2.75) is 26.8 Å². The molecule has 36 heavy (non-hydrogen) atoms. The van der Waals surface area contributed by atoms with Crippen LogP contribution in [0.3, 0.4) is 0 Å². The van der Waals surface area contributed by atoms with E-state index < -0.39 is 28.4 Å². The molecule has 0 saturated carbocycles. The van der Waals surface area contributed by atoms with Gasteiger partial charge in [0.1, 0.15) is 11.5 Å². The molecule has 0 bridgehead atoms. The van der Waals surface area contributed by atoms with E-state index in [0.29, 0.717) is 29.5 Å². The summed E-state index contributed by atoms with van der Waals surface area (Å²) in [7, 11) is 0. The SMILES string of the molecule is Cc1ccccc1C1/C(=C(\O)c2ccc([N+](=O)[O-])cc2)C(=O)C(=O)N1c1ccc(OCC(C)C)cc1. The second kappa shape index (κ2) is 10.0. The molecule has 1 N–H and O–H groups in total. The van der Waals surface area contributed by atoms with Gasteiger partial charge in [-0.25, -0.2) is 0 Å². The van der Waals surface area contributed by atoms with E-state index in [2.05, 4.69) is 0 Å². The molecule has 3 aromatic rings. The molecule has 4 rings (SSSR count). The number of nitro groups is 1. The molecule has 1 aliphatic heterocycles. The fourth-order valence-corrected chi connectivity index (χ4v) is 4.15. The molecule has 0 aliphatic carbocycles. The standard InChI is InChI=1S/C28H26N2O6/c1-17(2)16-36-22-14-12-20(13-15-22)29-25(23-7-5-4-6-18(23)3)24(27(32)28(29)33)26(31)19-8-10-21(11-9-19)30(34)35/h4-15,17,25,31H,16H2,1-3H3/b26-24+. The lowest BCUT2D eigenvalue weighted by Crippen LogP contribution is -2.29. The Balaban J connectivity index is 1.83. The zero-order valence-electron chi connectivity index (χ0n) is 20.2. The van der Waals surface area contributed by atoms with Crippen LogP contribution in [0.2, 0.25) is 0 Å². The minimum atomic E-state index is -0.885. The highest BCUT2D eigenvalue weighted by atomic mass is 16.6. The van der Waals surface area contributed by atoms with Crippen LogP contribution in [0.15, 0.2) is 78.4 Å². The maximum atomic E-state index is 13.3. The Hall–Kier alpha value is -4.46. The first-order valence-corrected chi connectivity index (χ1v) is 11.5. The van der Waals surface area contributed by atoms with Gasteiger partial charge in [0.15, 0.2) is 0 Å². The van der Waals surface area contributed by atoms with Crippen molar-refractivity contribution in [2.75, 3.05) is 11.5 Å². The highest BCUT2D eigenvalue weighted by molar-refractivity contribution is 6.51. The van der Waals surface area contributed by atoms with E-state index >= 15 is 0 Å². The van der Waals surface area contributed by atoms with Crippen LogP contribution in [0.1, 0.15) is 36.6 Å². The summed E-state index contributed by atoms with van der Waals surface area (Å²) in [6.45, 7) is 6.49. The predicted octanol–water partition coefficient (Wildman–Crippen LogP) is 5.56. The molecule has 1 saturated heterocycles. The number of ketones is 1. The van der Waals surface area contributed by atoms with Gasteiger partial charge < -0.3 is 9.84 Å². The number of carbonyl (C=O) groups excluding carboxylic acids is 2. The van der Waals surface area contributed by atoms with Crippen molar-refractivity contribution in [1.29, 1.82) is 0 Å². The van der Waals surface area contributed by atoms with E-state index in [0.717, 1.165) is 5.56 Å². The Labute approximate surface area is 208 Å². The van der Waals surface area contributed by atoms with Gasteiger partial charge >= 0.3 is 0 Å². The van der Waals surface area contributed by atoms with Gasteiger partial charge in [-0.3, -0.25) is 24.6 Å². The molecule has 0 spiro atoms. The number of amides is 1. The van der Waals surface area contributed by atoms with Gasteiger partial charge in [0, 0.05) is 23.4 Å². The molecule has 8 heteroatoms. The lowest BCUT2D eigenvalue weighted by atomic mass is 9.92. The topological polar surface area (TPSA) is 110 Å². The zero-order valence-corrected chi connectivity index (χ0v) is 20.2. The van der Waals surface area contributed by atoms with Gasteiger partial charge in [0.2, 0.25) is 0 Å².